The molecule has 6 heteroatoms. The van der Waals surface area contributed by atoms with Crippen LogP contribution in [0.2, 0.25) is 0 Å². The van der Waals surface area contributed by atoms with E-state index in [4.69, 9.17) is 4.74 Å². The second kappa shape index (κ2) is 10.0. The summed E-state index contributed by atoms with van der Waals surface area (Å²) >= 11 is 1.39. The van der Waals surface area contributed by atoms with Crippen LogP contribution in [0, 0.1) is 19.8 Å². The van der Waals surface area contributed by atoms with Gasteiger partial charge in [0.15, 0.2) is 5.13 Å². The van der Waals surface area contributed by atoms with E-state index in [1.54, 1.807) is 4.90 Å². The molecular weight excluding hydrogens is 384 g/mol. The summed E-state index contributed by atoms with van der Waals surface area (Å²) < 4.78 is 5.42. The van der Waals surface area contributed by atoms with E-state index in [2.05, 4.69) is 4.98 Å². The van der Waals surface area contributed by atoms with Gasteiger partial charge in [0.25, 0.3) is 0 Å². The zero-order valence-corrected chi connectivity index (χ0v) is 18.4. The first-order valence-corrected chi connectivity index (χ1v) is 11.3. The lowest BCUT2D eigenvalue weighted by Crippen LogP contribution is -2.23. The van der Waals surface area contributed by atoms with Crippen LogP contribution >= 0.6 is 11.3 Å². The van der Waals surface area contributed by atoms with Crippen molar-refractivity contribution in [1.82, 2.24) is 4.98 Å². The Bertz CT molecular complexity index is 856. The van der Waals surface area contributed by atoms with Crippen LogP contribution in [-0.2, 0) is 20.9 Å². The Morgan fingerprint density at radius 2 is 1.97 bits per heavy atom. The molecule has 0 atom stereocenters. The Morgan fingerprint density at radius 1 is 1.21 bits per heavy atom. The maximum atomic E-state index is 12.3. The summed E-state index contributed by atoms with van der Waals surface area (Å²) in [6.45, 7) is 5.72. The number of esters is 1. The van der Waals surface area contributed by atoms with Crippen LogP contribution in [-0.4, -0.2) is 16.9 Å². The molecule has 1 amide bonds. The zero-order chi connectivity index (χ0) is 20.8. The maximum Gasteiger partial charge on any atom is 0.306 e. The van der Waals surface area contributed by atoms with Crippen LogP contribution in [0.4, 0.5) is 10.8 Å². The SMILES string of the molecule is CC(=O)N(c1nc(COC(=O)CCC2CCCCC2)cs1)c1cccc(C)c1C. The van der Waals surface area contributed by atoms with E-state index in [0.29, 0.717) is 23.2 Å². The number of aromatic nitrogens is 1. The van der Waals surface area contributed by atoms with Gasteiger partial charge in [-0.15, -0.1) is 11.3 Å². The molecule has 156 valence electrons. The molecule has 0 aliphatic heterocycles. The molecule has 0 saturated heterocycles. The average molecular weight is 415 g/mol. The van der Waals surface area contributed by atoms with Gasteiger partial charge < -0.3 is 4.74 Å². The van der Waals surface area contributed by atoms with Gasteiger partial charge in [-0.25, -0.2) is 4.98 Å². The van der Waals surface area contributed by atoms with E-state index in [-0.39, 0.29) is 18.5 Å². The molecule has 1 fully saturated rings. The summed E-state index contributed by atoms with van der Waals surface area (Å²) in [6.07, 6.45) is 7.77. The highest BCUT2D eigenvalue weighted by Gasteiger charge is 2.21. The van der Waals surface area contributed by atoms with Crippen LogP contribution in [0.25, 0.3) is 0 Å². The van der Waals surface area contributed by atoms with E-state index in [1.807, 2.05) is 37.4 Å². The molecule has 29 heavy (non-hydrogen) atoms. The van der Waals surface area contributed by atoms with Crippen LogP contribution in [0.15, 0.2) is 23.6 Å². The van der Waals surface area contributed by atoms with E-state index in [1.165, 1.54) is 50.4 Å². The van der Waals surface area contributed by atoms with Crippen molar-refractivity contribution in [3.8, 4) is 0 Å². The van der Waals surface area contributed by atoms with Gasteiger partial charge in [0.2, 0.25) is 5.91 Å². The summed E-state index contributed by atoms with van der Waals surface area (Å²) in [7, 11) is 0. The molecule has 1 aliphatic carbocycles. The van der Waals surface area contributed by atoms with Gasteiger partial charge in [0, 0.05) is 18.7 Å². The number of benzene rings is 1. The van der Waals surface area contributed by atoms with Gasteiger partial charge in [-0.1, -0.05) is 44.2 Å². The lowest BCUT2D eigenvalue weighted by molar-refractivity contribution is -0.145. The number of thiazole rings is 1. The molecule has 0 spiro atoms. The number of rotatable bonds is 7. The van der Waals surface area contributed by atoms with Crippen molar-refractivity contribution in [2.45, 2.75) is 72.3 Å². The number of aryl methyl sites for hydroxylation is 1. The van der Waals surface area contributed by atoms with Crippen LogP contribution in [0.3, 0.4) is 0 Å². The summed E-state index contributed by atoms with van der Waals surface area (Å²) in [4.78, 5) is 30.6. The quantitative estimate of drug-likeness (QED) is 0.533. The third kappa shape index (κ3) is 5.66. The van der Waals surface area contributed by atoms with E-state index in [0.717, 1.165) is 23.2 Å². The van der Waals surface area contributed by atoms with E-state index in [9.17, 15) is 9.59 Å². The van der Waals surface area contributed by atoms with Crippen molar-refractivity contribution in [3.63, 3.8) is 0 Å². The smallest absolute Gasteiger partial charge is 0.306 e. The summed E-state index contributed by atoms with van der Waals surface area (Å²) in [6, 6.07) is 5.89. The van der Waals surface area contributed by atoms with Crippen molar-refractivity contribution in [2.75, 3.05) is 4.90 Å². The molecule has 1 aromatic heterocycles. The topological polar surface area (TPSA) is 59.5 Å². The number of nitrogens with zero attached hydrogens (tertiary/aromatic N) is 2. The number of carbonyl (C=O) groups is 2. The predicted molar refractivity (Wildman–Crippen MR) is 116 cm³/mol. The summed E-state index contributed by atoms with van der Waals surface area (Å²) in [5, 5.41) is 2.45. The Hall–Kier alpha value is -2.21. The predicted octanol–water partition coefficient (Wildman–Crippen LogP) is 5.85. The second-order valence-electron chi connectivity index (χ2n) is 7.90. The Balaban J connectivity index is 1.59. The maximum absolute atomic E-state index is 12.3. The molecule has 3 rings (SSSR count). The van der Waals surface area contributed by atoms with E-state index >= 15 is 0 Å². The molecule has 2 aromatic rings. The monoisotopic (exact) mass is 414 g/mol. The van der Waals surface area contributed by atoms with E-state index < -0.39 is 0 Å². The Labute approximate surface area is 177 Å². The lowest BCUT2D eigenvalue weighted by Gasteiger charge is -2.21. The minimum Gasteiger partial charge on any atom is -0.459 e. The van der Waals surface area contributed by atoms with Gasteiger partial charge >= 0.3 is 5.97 Å². The number of hydrogen-bond donors (Lipinski definition) is 0. The molecule has 0 N–H and O–H groups in total. The Kier molecular flexibility index (Phi) is 7.42. The van der Waals surface area contributed by atoms with Crippen LogP contribution in [0.5, 0.6) is 0 Å². The highest BCUT2D eigenvalue weighted by atomic mass is 32.1. The first-order chi connectivity index (χ1) is 14.0. The molecule has 1 saturated carbocycles. The van der Waals surface area contributed by atoms with Gasteiger partial charge in [-0.05, 0) is 43.4 Å². The molecule has 5 nitrogen and oxygen atoms in total. The average Bonchev–Trinajstić information content (AvgIpc) is 3.17. The highest BCUT2D eigenvalue weighted by molar-refractivity contribution is 7.14. The van der Waals surface area contributed by atoms with Gasteiger partial charge in [-0.3, -0.25) is 14.5 Å². The fourth-order valence-corrected chi connectivity index (χ4v) is 4.74. The number of anilines is 2. The van der Waals surface area contributed by atoms with Crippen molar-refractivity contribution in [1.29, 1.82) is 0 Å². The minimum atomic E-state index is -0.164. The summed E-state index contributed by atoms with van der Waals surface area (Å²) in [5.41, 5.74) is 3.68. The number of amides is 1. The highest BCUT2D eigenvalue weighted by Crippen LogP contribution is 2.32. The molecule has 0 unspecified atom stereocenters. The van der Waals surface area contributed by atoms with Crippen molar-refractivity contribution >= 4 is 34.0 Å². The van der Waals surface area contributed by atoms with Crippen molar-refractivity contribution < 1.29 is 14.3 Å². The normalized spacial score (nSPS) is 14.6. The van der Waals surface area contributed by atoms with Crippen molar-refractivity contribution in [2.24, 2.45) is 5.92 Å². The molecular formula is C23H30N2O3S. The van der Waals surface area contributed by atoms with Crippen molar-refractivity contribution in [3.05, 3.63) is 40.4 Å². The summed E-state index contributed by atoms with van der Waals surface area (Å²) in [5.74, 6) is 0.413. The molecule has 0 radical (unpaired) electrons. The largest absolute Gasteiger partial charge is 0.459 e. The fraction of sp³-hybridized carbons (Fsp3) is 0.522. The standard InChI is InChI=1S/C23H30N2O3S/c1-16-8-7-11-21(17(16)2)25(18(3)26)23-24-20(15-29-23)14-28-22(27)13-12-19-9-5-4-6-10-19/h7-8,11,15,19H,4-6,9-10,12-14H2,1-3H3. The van der Waals surface area contributed by atoms with Gasteiger partial charge in [0.05, 0.1) is 11.4 Å². The number of carbonyl (C=O) groups excluding carboxylic acids is 2. The zero-order valence-electron chi connectivity index (χ0n) is 17.6. The Morgan fingerprint density at radius 3 is 2.69 bits per heavy atom. The first kappa shape index (κ1) is 21.5. The first-order valence-electron chi connectivity index (χ1n) is 10.4. The van der Waals surface area contributed by atoms with Crippen LogP contribution < -0.4 is 4.90 Å². The second-order valence-corrected chi connectivity index (χ2v) is 8.73. The molecule has 1 aliphatic rings. The molecule has 1 heterocycles. The van der Waals surface area contributed by atoms with Crippen LogP contribution in [0.1, 0.15) is 68.7 Å². The number of hydrogen-bond acceptors (Lipinski definition) is 5. The molecule has 0 bridgehead atoms. The third-order valence-corrected chi connectivity index (χ3v) is 6.60. The minimum absolute atomic E-state index is 0.0934. The lowest BCUT2D eigenvalue weighted by atomic mass is 9.86. The number of ether oxygens (including phenoxy) is 1. The molecule has 1 aromatic carbocycles. The van der Waals surface area contributed by atoms with Gasteiger partial charge in [0.1, 0.15) is 6.61 Å². The van der Waals surface area contributed by atoms with Gasteiger partial charge in [-0.2, -0.15) is 0 Å². The third-order valence-electron chi connectivity index (χ3n) is 5.73. The fourth-order valence-electron chi connectivity index (χ4n) is 3.87.